The number of hydrogen-bond donors (Lipinski definition) is 0. The fourth-order valence-electron chi connectivity index (χ4n) is 5.72. The van der Waals surface area contributed by atoms with Gasteiger partial charge in [0.05, 0.1) is 0 Å². The monoisotopic (exact) mass is 541 g/mol. The predicted octanol–water partition coefficient (Wildman–Crippen LogP) is 7.13. The van der Waals surface area contributed by atoms with Crippen LogP contribution in [-0.2, 0) is 0 Å². The molecule has 3 radical (unpaired) electrons. The van der Waals surface area contributed by atoms with Gasteiger partial charge in [-0.25, -0.2) is 0 Å². The van der Waals surface area contributed by atoms with Crippen LogP contribution in [0.2, 0.25) is 4.25 Å². The maximum absolute atomic E-state index is 14.3. The van der Waals surface area contributed by atoms with Crippen molar-refractivity contribution in [2.24, 2.45) is 0 Å². The van der Waals surface area contributed by atoms with Crippen molar-refractivity contribution in [1.29, 1.82) is 0 Å². The van der Waals surface area contributed by atoms with Gasteiger partial charge in [-0.3, -0.25) is 0 Å². The number of rotatable bonds is 7. The standard InChI is InChI=1S/C32H35GeO3/c1-17-10-20(4)27(21(5)11-17)26(34)16-32(33,30(35)28-22(6)12-18(2)13-23(28)7)31(36)29-24(8)14-19(3)15-25(29)9/h10-15H,16H2,1-9H3. The van der Waals surface area contributed by atoms with E-state index in [0.717, 1.165) is 50.1 Å². The molecule has 0 amide bonds. The third kappa shape index (κ3) is 5.17. The number of carbonyl (C=O) groups excluding carboxylic acids is 3. The zero-order valence-corrected chi connectivity index (χ0v) is 25.0. The second-order valence-corrected chi connectivity index (χ2v) is 12.3. The van der Waals surface area contributed by atoms with Gasteiger partial charge in [0, 0.05) is 0 Å². The first-order valence-corrected chi connectivity index (χ1v) is 13.3. The molecule has 0 N–H and O–H groups in total. The van der Waals surface area contributed by atoms with E-state index in [1.165, 1.54) is 0 Å². The van der Waals surface area contributed by atoms with Gasteiger partial charge < -0.3 is 0 Å². The van der Waals surface area contributed by atoms with Gasteiger partial charge in [0.25, 0.3) is 0 Å². The molecule has 36 heavy (non-hydrogen) atoms. The first-order valence-electron chi connectivity index (χ1n) is 12.3. The number of hydrogen-bond acceptors (Lipinski definition) is 3. The first kappa shape index (κ1) is 27.8. The SMILES string of the molecule is Cc1cc(C)c(C(=O)C[C]([Ge])(C(=O)c2c(C)cc(C)cc2C)C(=O)c2c(C)cc(C)cc2C)c(C)c1. The molecule has 185 valence electrons. The van der Waals surface area contributed by atoms with E-state index in [9.17, 15) is 14.4 Å². The van der Waals surface area contributed by atoms with Crippen LogP contribution in [0.5, 0.6) is 0 Å². The van der Waals surface area contributed by atoms with E-state index in [-0.39, 0.29) is 23.8 Å². The summed E-state index contributed by atoms with van der Waals surface area (Å²) in [6.07, 6.45) is -0.186. The molecule has 3 rings (SSSR count). The van der Waals surface area contributed by atoms with Gasteiger partial charge in [-0.1, -0.05) is 0 Å². The third-order valence-electron chi connectivity index (χ3n) is 6.97. The van der Waals surface area contributed by atoms with E-state index in [1.54, 1.807) is 16.5 Å². The number of aryl methyl sites for hydroxylation is 9. The third-order valence-corrected chi connectivity index (χ3v) is 8.29. The van der Waals surface area contributed by atoms with E-state index >= 15 is 0 Å². The van der Waals surface area contributed by atoms with Crippen LogP contribution in [0.1, 0.15) is 87.6 Å². The van der Waals surface area contributed by atoms with Crippen molar-refractivity contribution >= 4 is 33.9 Å². The van der Waals surface area contributed by atoms with Gasteiger partial charge in [-0.15, -0.1) is 0 Å². The molecule has 0 bridgehead atoms. The van der Waals surface area contributed by atoms with Crippen molar-refractivity contribution in [3.63, 3.8) is 0 Å². The van der Waals surface area contributed by atoms with Crippen molar-refractivity contribution < 1.29 is 14.4 Å². The van der Waals surface area contributed by atoms with E-state index < -0.39 is 4.25 Å². The Hall–Kier alpha value is -2.79. The number of ketones is 3. The van der Waals surface area contributed by atoms with Crippen molar-refractivity contribution in [2.75, 3.05) is 0 Å². The van der Waals surface area contributed by atoms with Gasteiger partial charge >= 0.3 is 224 Å². The molecular formula is C32H35GeO3. The van der Waals surface area contributed by atoms with Crippen LogP contribution in [0.4, 0.5) is 0 Å². The van der Waals surface area contributed by atoms with Gasteiger partial charge in [0.2, 0.25) is 0 Å². The summed E-state index contributed by atoms with van der Waals surface area (Å²) < 4.78 is -1.55. The quantitative estimate of drug-likeness (QED) is 0.182. The summed E-state index contributed by atoms with van der Waals surface area (Å²) in [6, 6.07) is 11.8. The first-order chi connectivity index (χ1) is 16.7. The number of benzene rings is 3. The molecule has 0 aliphatic carbocycles. The molecule has 0 atom stereocenters. The van der Waals surface area contributed by atoms with Gasteiger partial charge in [0.1, 0.15) is 0 Å². The summed E-state index contributed by atoms with van der Waals surface area (Å²) in [5.41, 5.74) is 9.88. The molecule has 0 fully saturated rings. The van der Waals surface area contributed by atoms with Crippen LogP contribution in [-0.4, -0.2) is 33.9 Å². The maximum atomic E-state index is 14.3. The summed E-state index contributed by atoms with van der Waals surface area (Å²) in [6.45, 7) is 17.4. The van der Waals surface area contributed by atoms with Crippen molar-refractivity contribution in [3.05, 3.63) is 103 Å². The van der Waals surface area contributed by atoms with Gasteiger partial charge in [-0.05, 0) is 0 Å². The Balaban J connectivity index is 2.24. The van der Waals surface area contributed by atoms with E-state index in [4.69, 9.17) is 0 Å². The number of Topliss-reactive ketones (excluding diaryl/α,β-unsaturated/α-hetero) is 3. The molecule has 3 nitrogen and oxygen atoms in total. The Kier molecular flexibility index (Phi) is 7.95. The summed E-state index contributed by atoms with van der Waals surface area (Å²) in [5, 5.41) is 0. The Morgan fingerprint density at radius 1 is 0.528 bits per heavy atom. The molecule has 0 aromatic heterocycles. The fraction of sp³-hybridized carbons (Fsp3) is 0.344. The Morgan fingerprint density at radius 2 is 0.778 bits per heavy atom. The van der Waals surface area contributed by atoms with Crippen LogP contribution in [0.3, 0.4) is 0 Å². The minimum absolute atomic E-state index is 0.181. The van der Waals surface area contributed by atoms with Crippen LogP contribution >= 0.6 is 0 Å². The van der Waals surface area contributed by atoms with Crippen LogP contribution in [0, 0.1) is 62.3 Å². The summed E-state index contributed by atoms with van der Waals surface area (Å²) in [7, 11) is 0. The van der Waals surface area contributed by atoms with Crippen LogP contribution in [0.15, 0.2) is 36.4 Å². The van der Waals surface area contributed by atoms with E-state index in [2.05, 4.69) is 0 Å². The molecule has 0 saturated heterocycles. The fourth-order valence-corrected chi connectivity index (χ4v) is 6.58. The second kappa shape index (κ2) is 10.3. The molecule has 0 aliphatic rings. The molecule has 0 heterocycles. The van der Waals surface area contributed by atoms with E-state index in [0.29, 0.717) is 16.7 Å². The summed E-state index contributed by atoms with van der Waals surface area (Å²) >= 11 is 1.66. The Morgan fingerprint density at radius 3 is 1.06 bits per heavy atom. The normalized spacial score (nSPS) is 11.5. The van der Waals surface area contributed by atoms with Gasteiger partial charge in [0.15, 0.2) is 0 Å². The molecular weight excluding hydrogens is 505 g/mol. The van der Waals surface area contributed by atoms with Crippen molar-refractivity contribution in [1.82, 2.24) is 0 Å². The van der Waals surface area contributed by atoms with Crippen molar-refractivity contribution in [2.45, 2.75) is 73.0 Å². The van der Waals surface area contributed by atoms with Crippen molar-refractivity contribution in [3.8, 4) is 0 Å². The molecule has 3 aromatic rings. The van der Waals surface area contributed by atoms with Crippen LogP contribution in [0.25, 0.3) is 0 Å². The molecule has 4 heteroatoms. The van der Waals surface area contributed by atoms with E-state index in [1.807, 2.05) is 98.7 Å². The topological polar surface area (TPSA) is 51.2 Å². The Labute approximate surface area is 223 Å². The predicted molar refractivity (Wildman–Crippen MR) is 148 cm³/mol. The zero-order valence-electron chi connectivity index (χ0n) is 22.9. The Bertz CT molecular complexity index is 1270. The molecule has 0 aliphatic heterocycles. The molecule has 3 aromatic carbocycles. The number of carbonyl (C=O) groups is 3. The average molecular weight is 540 g/mol. The minimum atomic E-state index is -1.55. The zero-order chi connectivity index (χ0) is 27.1. The van der Waals surface area contributed by atoms with Crippen LogP contribution < -0.4 is 0 Å². The molecule has 0 saturated carbocycles. The average Bonchev–Trinajstić information content (AvgIpc) is 2.71. The van der Waals surface area contributed by atoms with Gasteiger partial charge in [-0.2, -0.15) is 0 Å². The summed E-state index contributed by atoms with van der Waals surface area (Å²) in [5.74, 6) is -0.769. The molecule has 0 unspecified atom stereocenters. The molecule has 0 spiro atoms. The summed E-state index contributed by atoms with van der Waals surface area (Å²) in [4.78, 5) is 42.5. The second-order valence-electron chi connectivity index (χ2n) is 10.5.